The third-order valence-corrected chi connectivity index (χ3v) is 5.87. The molecule has 0 aromatic carbocycles. The highest BCUT2D eigenvalue weighted by Crippen LogP contribution is 2.53. The van der Waals surface area contributed by atoms with Gasteiger partial charge in [-0.2, -0.15) is 0 Å². The number of aromatic amines is 1. The van der Waals surface area contributed by atoms with Crippen LogP contribution in [0.1, 0.15) is 40.8 Å². The minimum atomic E-state index is -2.89. The number of nitrogens with zero attached hydrogens (tertiary/aromatic N) is 1. The highest BCUT2D eigenvalue weighted by molar-refractivity contribution is 8.07. The van der Waals surface area contributed by atoms with Gasteiger partial charge in [0, 0.05) is 31.8 Å². The second kappa shape index (κ2) is 8.52. The Morgan fingerprint density at radius 1 is 1.64 bits per heavy atom. The highest BCUT2D eigenvalue weighted by Gasteiger charge is 2.35. The lowest BCUT2D eigenvalue weighted by Gasteiger charge is -2.28. The van der Waals surface area contributed by atoms with E-state index in [0.717, 1.165) is 12.2 Å². The number of H-pyrrole nitrogens is 1. The Labute approximate surface area is 138 Å². The van der Waals surface area contributed by atoms with Crippen LogP contribution in [-0.4, -0.2) is 41.5 Å². The molecule has 0 amide bonds. The van der Waals surface area contributed by atoms with Gasteiger partial charge in [0.05, 0.1) is 26.3 Å². The van der Waals surface area contributed by atoms with Crippen LogP contribution < -0.4 is 0 Å². The summed E-state index contributed by atoms with van der Waals surface area (Å²) in [4.78, 5) is 7.23. The number of aromatic nitrogens is 2. The summed E-state index contributed by atoms with van der Waals surface area (Å²) in [5.74, 6) is 0.831. The van der Waals surface area contributed by atoms with Crippen molar-refractivity contribution in [2.75, 3.05) is 13.2 Å². The average Bonchev–Trinajstić information content (AvgIpc) is 3.08. The van der Waals surface area contributed by atoms with E-state index in [4.69, 9.17) is 31.5 Å². The van der Waals surface area contributed by atoms with Crippen LogP contribution in [0.2, 0.25) is 0 Å². The molecule has 126 valence electrons. The van der Waals surface area contributed by atoms with E-state index in [1.54, 1.807) is 12.4 Å². The normalized spacial score (nSPS) is 30.0. The zero-order valence-corrected chi connectivity index (χ0v) is 14.9. The van der Waals surface area contributed by atoms with E-state index in [-0.39, 0.29) is 18.3 Å². The van der Waals surface area contributed by atoms with Crippen LogP contribution in [0.25, 0.3) is 0 Å². The average molecular weight is 350 g/mol. The Hall–Kier alpha value is -0.300. The molecule has 1 aliphatic heterocycles. The van der Waals surface area contributed by atoms with Crippen molar-refractivity contribution in [2.45, 2.75) is 58.3 Å². The van der Waals surface area contributed by atoms with Crippen LogP contribution in [0.5, 0.6) is 0 Å². The third kappa shape index (κ3) is 5.11. The molecule has 1 saturated heterocycles. The van der Waals surface area contributed by atoms with Gasteiger partial charge in [-0.15, -0.1) is 0 Å². The van der Waals surface area contributed by atoms with E-state index in [1.807, 2.05) is 20.8 Å². The summed E-state index contributed by atoms with van der Waals surface area (Å²) in [7, 11) is 0. The van der Waals surface area contributed by atoms with Gasteiger partial charge in [0.25, 0.3) is 0 Å². The van der Waals surface area contributed by atoms with Crippen molar-refractivity contribution in [1.82, 2.24) is 9.97 Å². The molecule has 22 heavy (non-hydrogen) atoms. The maximum absolute atomic E-state index is 7.76. The third-order valence-electron chi connectivity index (χ3n) is 3.31. The van der Waals surface area contributed by atoms with Crippen molar-refractivity contribution >= 4 is 18.5 Å². The fraction of sp³-hybridized carbons (Fsp3) is 0.786. The summed E-state index contributed by atoms with van der Waals surface area (Å²) in [5.41, 5.74) is 0. The predicted molar refractivity (Wildman–Crippen MR) is 88.3 cm³/mol. The molecule has 1 fully saturated rings. The highest BCUT2D eigenvalue weighted by atomic mass is 32.5. The first-order valence-corrected chi connectivity index (χ1v) is 10.2. The molecule has 0 spiro atoms. The molecule has 1 aromatic heterocycles. The van der Waals surface area contributed by atoms with Crippen molar-refractivity contribution in [3.8, 4) is 0 Å². The standard InChI is InChI=1S/C14H25N2O4PS/c1-4-12-13(6-9-17-12)20-21(22,18-5-2)19-11(3)10-14-15-7-8-16-14/h7-8,11-13H,4-6,9-10H2,1-3H3,(H,15,16)/t11-,12+,13+,21?/m0/s1/i9T/t9-,11-,12+,13+,21?. The number of ether oxygens (including phenoxy) is 1. The van der Waals surface area contributed by atoms with Gasteiger partial charge in [-0.05, 0) is 32.1 Å². The monoisotopic (exact) mass is 350 g/mol. The first kappa shape index (κ1) is 16.6. The second-order valence-corrected chi connectivity index (χ2v) is 8.07. The van der Waals surface area contributed by atoms with E-state index in [9.17, 15) is 0 Å². The van der Waals surface area contributed by atoms with E-state index >= 15 is 0 Å². The fourth-order valence-electron chi connectivity index (χ4n) is 2.33. The Morgan fingerprint density at radius 3 is 3.09 bits per heavy atom. The summed E-state index contributed by atoms with van der Waals surface area (Å²) in [5, 5.41) is 0. The maximum Gasteiger partial charge on any atom is 0.327 e. The van der Waals surface area contributed by atoms with Crippen LogP contribution in [0.3, 0.4) is 0 Å². The van der Waals surface area contributed by atoms with Crippen LogP contribution in [0.15, 0.2) is 12.4 Å². The lowest BCUT2D eigenvalue weighted by atomic mass is 10.1. The molecule has 2 rings (SSSR count). The molecular formula is C14H25N2O4PS. The number of nitrogens with one attached hydrogen (secondary N) is 1. The van der Waals surface area contributed by atoms with E-state index in [2.05, 4.69) is 9.97 Å². The van der Waals surface area contributed by atoms with Crippen molar-refractivity contribution in [1.29, 1.82) is 0 Å². The second-order valence-electron chi connectivity index (χ2n) is 5.15. The molecule has 1 unspecified atom stereocenters. The Morgan fingerprint density at radius 2 is 2.45 bits per heavy atom. The molecule has 2 heterocycles. The van der Waals surface area contributed by atoms with Crippen LogP contribution in [0, 0.1) is 0 Å². The zero-order chi connectivity index (χ0) is 16.9. The summed E-state index contributed by atoms with van der Waals surface area (Å²) >= 11 is 5.55. The lowest BCUT2D eigenvalue weighted by molar-refractivity contribution is 0.0301. The first-order valence-electron chi connectivity index (χ1n) is 8.20. The van der Waals surface area contributed by atoms with Gasteiger partial charge < -0.3 is 23.3 Å². The summed E-state index contributed by atoms with van der Waals surface area (Å²) < 4.78 is 30.9. The van der Waals surface area contributed by atoms with Gasteiger partial charge in [0.1, 0.15) is 5.82 Å². The van der Waals surface area contributed by atoms with Gasteiger partial charge in [0.15, 0.2) is 0 Å². The number of hydrogen-bond donors (Lipinski definition) is 1. The smallest absolute Gasteiger partial charge is 0.327 e. The quantitative estimate of drug-likeness (QED) is 0.690. The SMILES string of the molecule is [3H][C@H]1C[C@@H](OP(=S)(OCC)O[C@@H](C)Cc2ncc[nH]2)[C@@H](CC)O1. The largest absolute Gasteiger partial charge is 0.375 e. The van der Waals surface area contributed by atoms with E-state index in [1.165, 1.54) is 0 Å². The molecule has 0 saturated carbocycles. The Balaban J connectivity index is 1.98. The fourth-order valence-corrected chi connectivity index (χ4v) is 4.98. The van der Waals surface area contributed by atoms with Crippen molar-refractivity contribution in [3.05, 3.63) is 18.2 Å². The zero-order valence-electron chi connectivity index (χ0n) is 14.2. The van der Waals surface area contributed by atoms with Gasteiger partial charge in [-0.25, -0.2) is 4.98 Å². The van der Waals surface area contributed by atoms with Crippen LogP contribution in [0.4, 0.5) is 0 Å². The Kier molecular flexibility index (Phi) is 6.41. The summed E-state index contributed by atoms with van der Waals surface area (Å²) in [6.07, 6.45) is 4.75. The summed E-state index contributed by atoms with van der Waals surface area (Å²) in [6, 6.07) is 0. The topological polar surface area (TPSA) is 65.6 Å². The van der Waals surface area contributed by atoms with E-state index in [0.29, 0.717) is 19.4 Å². The van der Waals surface area contributed by atoms with Crippen molar-refractivity contribution < 1.29 is 19.7 Å². The summed E-state index contributed by atoms with van der Waals surface area (Å²) in [6.45, 7) is 2.73. The molecule has 0 aliphatic carbocycles. The van der Waals surface area contributed by atoms with Crippen molar-refractivity contribution in [2.24, 2.45) is 0 Å². The van der Waals surface area contributed by atoms with Gasteiger partial charge in [-0.3, -0.25) is 0 Å². The van der Waals surface area contributed by atoms with Crippen LogP contribution >= 0.6 is 6.72 Å². The molecule has 8 heteroatoms. The van der Waals surface area contributed by atoms with Gasteiger partial charge in [-0.1, -0.05) is 6.92 Å². The minimum Gasteiger partial charge on any atom is -0.375 e. The number of imidazole rings is 1. The molecule has 0 radical (unpaired) electrons. The first-order chi connectivity index (χ1) is 11.0. The van der Waals surface area contributed by atoms with Gasteiger partial charge in [0.2, 0.25) is 0 Å². The molecular weight excluding hydrogens is 323 g/mol. The van der Waals surface area contributed by atoms with E-state index < -0.39 is 13.3 Å². The van der Waals surface area contributed by atoms with Gasteiger partial charge >= 0.3 is 6.72 Å². The molecule has 1 N–H and O–H groups in total. The Bertz CT molecular complexity index is 519. The molecule has 5 atom stereocenters. The van der Waals surface area contributed by atoms with Crippen molar-refractivity contribution in [3.63, 3.8) is 0 Å². The van der Waals surface area contributed by atoms with Crippen LogP contribution in [-0.2, 0) is 36.5 Å². The molecule has 1 aliphatic rings. The predicted octanol–water partition coefficient (Wildman–Crippen LogP) is 3.20. The minimum absolute atomic E-state index is 0.135. The molecule has 1 aromatic rings. The number of rotatable bonds is 9. The lowest BCUT2D eigenvalue weighted by Crippen LogP contribution is -2.24. The molecule has 6 nitrogen and oxygen atoms in total. The maximum atomic E-state index is 7.76. The molecule has 0 bridgehead atoms. The number of hydrogen-bond acceptors (Lipinski definition) is 6.